The Balaban J connectivity index is 1.15. The minimum absolute atomic E-state index is 1.23. The Morgan fingerprint density at radius 2 is 0.773 bits per heavy atom. The van der Waals surface area contributed by atoms with Crippen molar-refractivity contribution in [2.24, 2.45) is 0 Å². The highest BCUT2D eigenvalue weighted by Crippen LogP contribution is 2.45. The number of benzene rings is 7. The topological polar surface area (TPSA) is 0 Å². The molecule has 7 aromatic carbocycles. The molecule has 0 radical (unpaired) electrons. The Morgan fingerprint density at radius 3 is 1.52 bits per heavy atom. The molecule has 0 aliphatic carbocycles. The summed E-state index contributed by atoms with van der Waals surface area (Å²) in [4.78, 5) is 0. The van der Waals surface area contributed by atoms with Crippen LogP contribution in [0.5, 0.6) is 0 Å². The third-order valence-corrected chi connectivity index (χ3v) is 11.2. The van der Waals surface area contributed by atoms with Gasteiger partial charge in [0.2, 0.25) is 0 Å². The molecule has 0 nitrogen and oxygen atoms in total. The predicted octanol–water partition coefficient (Wildman–Crippen LogP) is 13.1. The maximum Gasteiger partial charge on any atom is 0.0434 e. The molecule has 0 N–H and O–H groups in total. The van der Waals surface area contributed by atoms with E-state index in [9.17, 15) is 0 Å². The molecule has 0 atom stereocenters. The van der Waals surface area contributed by atoms with Crippen molar-refractivity contribution < 1.29 is 0 Å². The second-order valence-corrected chi connectivity index (χ2v) is 13.4. The molecular weight excluding hydrogens is 569 g/mol. The molecule has 206 valence electrons. The lowest BCUT2D eigenvalue weighted by Gasteiger charge is -2.08. The highest BCUT2D eigenvalue weighted by atomic mass is 32.1. The van der Waals surface area contributed by atoms with Crippen LogP contribution in [0.2, 0.25) is 0 Å². The van der Waals surface area contributed by atoms with Crippen molar-refractivity contribution in [2.45, 2.75) is 0 Å². The average molecular weight is 595 g/mol. The van der Waals surface area contributed by atoms with Crippen molar-refractivity contribution in [1.29, 1.82) is 0 Å². The van der Waals surface area contributed by atoms with Crippen LogP contribution in [0, 0.1) is 0 Å². The Kier molecular flexibility index (Phi) is 5.97. The lowest BCUT2D eigenvalue weighted by molar-refractivity contribution is 1.58. The first-order chi connectivity index (χ1) is 21.8. The highest BCUT2D eigenvalue weighted by Gasteiger charge is 2.15. The summed E-state index contributed by atoms with van der Waals surface area (Å²) in [5.74, 6) is 0. The quantitative estimate of drug-likeness (QED) is 0.190. The lowest BCUT2D eigenvalue weighted by Crippen LogP contribution is -1.83. The van der Waals surface area contributed by atoms with Crippen LogP contribution in [0.4, 0.5) is 0 Å². The Morgan fingerprint density at radius 1 is 0.273 bits per heavy atom. The van der Waals surface area contributed by atoms with Crippen LogP contribution >= 0.6 is 22.7 Å². The van der Waals surface area contributed by atoms with Crippen LogP contribution in [-0.2, 0) is 0 Å². The molecule has 0 saturated heterocycles. The van der Waals surface area contributed by atoms with Crippen molar-refractivity contribution in [1.82, 2.24) is 0 Å². The first kappa shape index (κ1) is 25.5. The van der Waals surface area contributed by atoms with Crippen molar-refractivity contribution in [3.05, 3.63) is 158 Å². The molecular formula is C42H26S2. The van der Waals surface area contributed by atoms with Crippen LogP contribution in [0.1, 0.15) is 0 Å². The monoisotopic (exact) mass is 594 g/mol. The van der Waals surface area contributed by atoms with Crippen LogP contribution < -0.4 is 0 Å². The third-order valence-electron chi connectivity index (χ3n) is 8.71. The molecule has 0 aliphatic rings. The standard InChI is InChI=1S/C42H26S2/c1-2-9-27(10-3-1)28-19-21-29(22-20-28)30-11-6-12-31(25-30)33-14-7-16-36-37-17-8-15-34(42(37)44-41(33)36)32-23-24-40-38(26-32)35-13-4-5-18-39(35)43-40/h1-26H. The zero-order chi connectivity index (χ0) is 29.0. The first-order valence-electron chi connectivity index (χ1n) is 14.9. The van der Waals surface area contributed by atoms with Gasteiger partial charge >= 0.3 is 0 Å². The Labute approximate surface area is 264 Å². The molecule has 0 saturated carbocycles. The van der Waals surface area contributed by atoms with Gasteiger partial charge in [-0.25, -0.2) is 0 Å². The van der Waals surface area contributed by atoms with Gasteiger partial charge < -0.3 is 0 Å². The average Bonchev–Trinajstić information content (AvgIpc) is 3.67. The van der Waals surface area contributed by atoms with Crippen molar-refractivity contribution in [2.75, 3.05) is 0 Å². The van der Waals surface area contributed by atoms with E-state index in [-0.39, 0.29) is 0 Å². The van der Waals surface area contributed by atoms with Gasteiger partial charge in [-0.1, -0.05) is 133 Å². The normalized spacial score (nSPS) is 11.6. The fourth-order valence-corrected chi connectivity index (χ4v) is 8.98. The number of hydrogen-bond acceptors (Lipinski definition) is 2. The van der Waals surface area contributed by atoms with E-state index in [4.69, 9.17) is 0 Å². The molecule has 0 spiro atoms. The van der Waals surface area contributed by atoms with Crippen molar-refractivity contribution in [3.8, 4) is 44.5 Å². The summed E-state index contributed by atoms with van der Waals surface area (Å²) in [6.45, 7) is 0. The summed E-state index contributed by atoms with van der Waals surface area (Å²) in [5, 5.41) is 5.33. The van der Waals surface area contributed by atoms with Gasteiger partial charge in [0.25, 0.3) is 0 Å². The molecule has 0 aliphatic heterocycles. The lowest BCUT2D eigenvalue weighted by atomic mass is 9.96. The molecule has 2 heterocycles. The molecule has 0 amide bonds. The van der Waals surface area contributed by atoms with Gasteiger partial charge in [-0.2, -0.15) is 0 Å². The van der Waals surface area contributed by atoms with E-state index in [0.717, 1.165) is 0 Å². The van der Waals surface area contributed by atoms with Gasteiger partial charge in [0.1, 0.15) is 0 Å². The van der Waals surface area contributed by atoms with E-state index < -0.39 is 0 Å². The molecule has 9 rings (SSSR count). The number of rotatable bonds is 4. The van der Waals surface area contributed by atoms with Gasteiger partial charge in [-0.15, -0.1) is 22.7 Å². The number of thiophene rings is 2. The molecule has 0 unspecified atom stereocenters. The van der Waals surface area contributed by atoms with Crippen LogP contribution in [0.3, 0.4) is 0 Å². The number of fused-ring (bicyclic) bond motifs is 6. The summed E-state index contributed by atoms with van der Waals surface area (Å²) in [7, 11) is 0. The highest BCUT2D eigenvalue weighted by molar-refractivity contribution is 7.27. The molecule has 2 heteroatoms. The fourth-order valence-electron chi connectivity index (χ4n) is 6.52. The van der Waals surface area contributed by atoms with Gasteiger partial charge in [0, 0.05) is 40.3 Å². The van der Waals surface area contributed by atoms with E-state index in [0.29, 0.717) is 0 Å². The molecule has 0 bridgehead atoms. The zero-order valence-corrected chi connectivity index (χ0v) is 25.5. The summed E-state index contributed by atoms with van der Waals surface area (Å²) >= 11 is 3.79. The Hall–Kier alpha value is -5.02. The maximum absolute atomic E-state index is 2.39. The molecule has 44 heavy (non-hydrogen) atoms. The molecule has 9 aromatic rings. The fraction of sp³-hybridized carbons (Fsp3) is 0. The van der Waals surface area contributed by atoms with E-state index in [2.05, 4.69) is 158 Å². The van der Waals surface area contributed by atoms with Crippen LogP contribution in [-0.4, -0.2) is 0 Å². The van der Waals surface area contributed by atoms with E-state index in [1.165, 1.54) is 84.9 Å². The van der Waals surface area contributed by atoms with Crippen LogP contribution in [0.25, 0.3) is 84.9 Å². The second kappa shape index (κ2) is 10.3. The molecule has 0 fully saturated rings. The van der Waals surface area contributed by atoms with Gasteiger partial charge in [-0.05, 0) is 68.8 Å². The summed E-state index contributed by atoms with van der Waals surface area (Å²) in [5.41, 5.74) is 10.1. The summed E-state index contributed by atoms with van der Waals surface area (Å²) in [6, 6.07) is 57.8. The minimum Gasteiger partial charge on any atom is -0.135 e. The third kappa shape index (κ3) is 4.18. The first-order valence-corrected chi connectivity index (χ1v) is 16.6. The summed E-state index contributed by atoms with van der Waals surface area (Å²) in [6.07, 6.45) is 0. The van der Waals surface area contributed by atoms with Crippen molar-refractivity contribution >= 4 is 63.0 Å². The van der Waals surface area contributed by atoms with E-state index in [1.807, 2.05) is 22.7 Å². The van der Waals surface area contributed by atoms with E-state index >= 15 is 0 Å². The SMILES string of the molecule is c1ccc(-c2ccc(-c3cccc(-c4cccc5c4sc4c(-c6ccc7sc8ccccc8c7c6)cccc45)c3)cc2)cc1. The second-order valence-electron chi connectivity index (χ2n) is 11.3. The number of hydrogen-bond donors (Lipinski definition) is 0. The van der Waals surface area contributed by atoms with Gasteiger partial charge in [0.05, 0.1) is 0 Å². The summed E-state index contributed by atoms with van der Waals surface area (Å²) < 4.78 is 5.38. The van der Waals surface area contributed by atoms with Gasteiger partial charge in [0.15, 0.2) is 0 Å². The van der Waals surface area contributed by atoms with Crippen molar-refractivity contribution in [3.63, 3.8) is 0 Å². The smallest absolute Gasteiger partial charge is 0.0434 e. The Bertz CT molecular complexity index is 2480. The largest absolute Gasteiger partial charge is 0.135 e. The van der Waals surface area contributed by atoms with Gasteiger partial charge in [-0.3, -0.25) is 0 Å². The van der Waals surface area contributed by atoms with E-state index in [1.54, 1.807) is 0 Å². The maximum atomic E-state index is 2.39. The zero-order valence-electron chi connectivity index (χ0n) is 23.8. The predicted molar refractivity (Wildman–Crippen MR) is 194 cm³/mol. The molecule has 2 aromatic heterocycles. The van der Waals surface area contributed by atoms with Crippen LogP contribution in [0.15, 0.2) is 158 Å². The minimum atomic E-state index is 1.23.